The third-order valence-corrected chi connectivity index (χ3v) is 5.96. The van der Waals surface area contributed by atoms with Gasteiger partial charge in [0.05, 0.1) is 22.4 Å². The van der Waals surface area contributed by atoms with E-state index in [1.54, 1.807) is 54.3 Å². The van der Waals surface area contributed by atoms with E-state index in [2.05, 4.69) is 20.6 Å². The fraction of sp³-hybridized carbons (Fsp3) is 0.222. The minimum absolute atomic E-state index is 0.172. The van der Waals surface area contributed by atoms with Crippen molar-refractivity contribution in [2.24, 2.45) is 5.92 Å². The van der Waals surface area contributed by atoms with E-state index in [9.17, 15) is 14.4 Å². The summed E-state index contributed by atoms with van der Waals surface area (Å²) in [6, 6.07) is 18.2. The number of nitrogens with zero attached hydrogens (tertiary/aromatic N) is 2. The van der Waals surface area contributed by atoms with Gasteiger partial charge in [-0.15, -0.1) is 0 Å². The van der Waals surface area contributed by atoms with Crippen LogP contribution in [0.25, 0.3) is 21.8 Å². The zero-order valence-electron chi connectivity index (χ0n) is 19.6. The maximum atomic E-state index is 13.4. The Morgan fingerprint density at radius 1 is 0.722 bits per heavy atom. The van der Waals surface area contributed by atoms with E-state index in [1.165, 1.54) is 0 Å². The molecule has 0 radical (unpaired) electrons. The number of hydroxylamine groups is 1. The Morgan fingerprint density at radius 2 is 1.28 bits per heavy atom. The van der Waals surface area contributed by atoms with Crippen LogP contribution in [0.3, 0.4) is 0 Å². The predicted molar refractivity (Wildman–Crippen MR) is 137 cm³/mol. The molecule has 0 aliphatic rings. The first-order valence-electron chi connectivity index (χ1n) is 11.8. The minimum Gasteiger partial charge on any atom is -0.325 e. The van der Waals surface area contributed by atoms with Crippen LogP contribution in [-0.4, -0.2) is 32.9 Å². The number of nitrogens with one attached hydrogen (secondary N) is 3. The molecule has 0 bridgehead atoms. The summed E-state index contributed by atoms with van der Waals surface area (Å²) in [4.78, 5) is 46.6. The van der Waals surface area contributed by atoms with Crippen LogP contribution >= 0.6 is 0 Å². The zero-order valence-corrected chi connectivity index (χ0v) is 19.6. The lowest BCUT2D eigenvalue weighted by molar-refractivity contribution is -0.130. The number of rotatable bonds is 10. The van der Waals surface area contributed by atoms with Gasteiger partial charge in [-0.3, -0.25) is 29.6 Å². The van der Waals surface area contributed by atoms with Crippen LogP contribution in [0.15, 0.2) is 73.1 Å². The van der Waals surface area contributed by atoms with Crippen molar-refractivity contribution in [1.29, 1.82) is 0 Å². The minimum atomic E-state index is -0.962. The summed E-state index contributed by atoms with van der Waals surface area (Å²) >= 11 is 0. The summed E-state index contributed by atoms with van der Waals surface area (Å²) in [6.45, 7) is 0. The maximum absolute atomic E-state index is 13.4. The number of aromatic nitrogens is 2. The van der Waals surface area contributed by atoms with Crippen molar-refractivity contribution in [2.75, 3.05) is 10.6 Å². The van der Waals surface area contributed by atoms with Crippen LogP contribution < -0.4 is 16.1 Å². The van der Waals surface area contributed by atoms with Gasteiger partial charge in [0.25, 0.3) is 0 Å². The molecule has 4 N–H and O–H groups in total. The number of unbranched alkanes of at least 4 members (excludes halogenated alkanes) is 2. The van der Waals surface area contributed by atoms with Crippen molar-refractivity contribution in [2.45, 2.75) is 32.1 Å². The van der Waals surface area contributed by atoms with Crippen LogP contribution in [-0.2, 0) is 14.4 Å². The number of benzene rings is 2. The van der Waals surface area contributed by atoms with Gasteiger partial charge >= 0.3 is 0 Å². The third-order valence-electron chi connectivity index (χ3n) is 5.96. The lowest BCUT2D eigenvalue weighted by Gasteiger charge is -2.18. The zero-order chi connectivity index (χ0) is 25.3. The van der Waals surface area contributed by atoms with Gasteiger partial charge in [0.2, 0.25) is 17.7 Å². The van der Waals surface area contributed by atoms with Gasteiger partial charge in [-0.25, -0.2) is 5.48 Å². The average molecular weight is 486 g/mol. The predicted octanol–water partition coefficient (Wildman–Crippen LogP) is 4.43. The fourth-order valence-corrected chi connectivity index (χ4v) is 4.11. The van der Waals surface area contributed by atoms with Crippen molar-refractivity contribution in [1.82, 2.24) is 15.4 Å². The molecule has 184 valence electrons. The number of carbonyl (C=O) groups is 3. The van der Waals surface area contributed by atoms with E-state index in [0.29, 0.717) is 37.1 Å². The number of fused-ring (bicyclic) bond motifs is 2. The Balaban J connectivity index is 1.52. The summed E-state index contributed by atoms with van der Waals surface area (Å²) in [5, 5.41) is 16.0. The van der Waals surface area contributed by atoms with Crippen molar-refractivity contribution in [3.8, 4) is 0 Å². The Bertz CT molecular complexity index is 1290. The van der Waals surface area contributed by atoms with Gasteiger partial charge in [-0.1, -0.05) is 25.0 Å². The molecule has 0 atom stereocenters. The molecule has 3 amide bonds. The second kappa shape index (κ2) is 11.9. The largest absolute Gasteiger partial charge is 0.325 e. The van der Waals surface area contributed by atoms with Gasteiger partial charge in [0, 0.05) is 29.6 Å². The maximum Gasteiger partial charge on any atom is 0.243 e. The Hall–Kier alpha value is -4.37. The van der Waals surface area contributed by atoms with E-state index >= 15 is 0 Å². The summed E-state index contributed by atoms with van der Waals surface area (Å²) in [5.74, 6) is -2.27. The first-order valence-corrected chi connectivity index (χ1v) is 11.8. The van der Waals surface area contributed by atoms with Gasteiger partial charge in [-0.05, 0) is 61.4 Å². The van der Waals surface area contributed by atoms with Gasteiger partial charge in [0.15, 0.2) is 0 Å². The van der Waals surface area contributed by atoms with E-state index in [-0.39, 0.29) is 6.42 Å². The summed E-state index contributed by atoms with van der Waals surface area (Å²) in [7, 11) is 0. The summed E-state index contributed by atoms with van der Waals surface area (Å²) < 4.78 is 0. The molecule has 2 aromatic heterocycles. The molecule has 4 rings (SSSR count). The number of carbonyl (C=O) groups excluding carboxylic acids is 3. The summed E-state index contributed by atoms with van der Waals surface area (Å²) in [6.07, 6.45) is 5.54. The highest BCUT2D eigenvalue weighted by Crippen LogP contribution is 2.25. The first kappa shape index (κ1) is 24.7. The van der Waals surface area contributed by atoms with Crippen molar-refractivity contribution in [3.63, 3.8) is 0 Å². The molecule has 0 spiro atoms. The highest BCUT2D eigenvalue weighted by molar-refractivity contribution is 6.14. The molecular weight excluding hydrogens is 458 g/mol. The Labute approximate surface area is 207 Å². The smallest absolute Gasteiger partial charge is 0.243 e. The molecular formula is C27H27N5O4. The van der Waals surface area contributed by atoms with Gasteiger partial charge < -0.3 is 10.6 Å². The monoisotopic (exact) mass is 485 g/mol. The molecule has 0 aliphatic heterocycles. The molecule has 9 heteroatoms. The molecule has 2 heterocycles. The average Bonchev–Trinajstić information content (AvgIpc) is 2.90. The lowest BCUT2D eigenvalue weighted by atomic mass is 9.98. The molecule has 0 fully saturated rings. The first-order chi connectivity index (χ1) is 17.6. The van der Waals surface area contributed by atoms with E-state index in [0.717, 1.165) is 21.8 Å². The van der Waals surface area contributed by atoms with E-state index in [4.69, 9.17) is 5.21 Å². The highest BCUT2D eigenvalue weighted by Gasteiger charge is 2.27. The lowest BCUT2D eigenvalue weighted by Crippen LogP contribution is -2.34. The Morgan fingerprint density at radius 3 is 1.81 bits per heavy atom. The van der Waals surface area contributed by atoms with Crippen LogP contribution in [0.5, 0.6) is 0 Å². The number of pyridine rings is 2. The standard InChI is InChI=1S/C27H27N5O4/c33-25(32-36)15-3-1-2-8-20(26(34)30-23-13-4-11-21-18(23)9-6-16-28-21)27(35)31-24-14-5-12-22-19(24)10-7-17-29-22/h4-7,9-14,16-17,20,36H,1-3,8,15H2,(H,30,34)(H,31,35)(H,32,33). The molecule has 2 aromatic carbocycles. The topological polar surface area (TPSA) is 133 Å². The van der Waals surface area contributed by atoms with Crippen LogP contribution in [0.4, 0.5) is 11.4 Å². The van der Waals surface area contributed by atoms with Crippen LogP contribution in [0.2, 0.25) is 0 Å². The number of amides is 3. The quantitative estimate of drug-likeness (QED) is 0.114. The second-order valence-electron chi connectivity index (χ2n) is 8.42. The van der Waals surface area contributed by atoms with Crippen LogP contribution in [0.1, 0.15) is 32.1 Å². The molecule has 9 nitrogen and oxygen atoms in total. The molecule has 0 aliphatic carbocycles. The second-order valence-corrected chi connectivity index (χ2v) is 8.42. The SMILES string of the molecule is O=C(CCCCCC(C(=O)Nc1cccc2ncccc12)C(=O)Nc1cccc2ncccc12)NO. The molecule has 0 saturated carbocycles. The molecule has 36 heavy (non-hydrogen) atoms. The van der Waals surface area contributed by atoms with Crippen LogP contribution in [0, 0.1) is 5.92 Å². The van der Waals surface area contributed by atoms with E-state index < -0.39 is 23.6 Å². The van der Waals surface area contributed by atoms with Gasteiger partial charge in [-0.2, -0.15) is 0 Å². The van der Waals surface area contributed by atoms with Crippen molar-refractivity contribution in [3.05, 3.63) is 73.1 Å². The van der Waals surface area contributed by atoms with E-state index in [1.807, 2.05) is 24.3 Å². The Kier molecular flexibility index (Phi) is 8.15. The fourth-order valence-electron chi connectivity index (χ4n) is 4.11. The summed E-state index contributed by atoms with van der Waals surface area (Å²) in [5.41, 5.74) is 4.24. The normalized spacial score (nSPS) is 10.9. The molecule has 0 unspecified atom stereocenters. The molecule has 4 aromatic rings. The number of hydrogen-bond acceptors (Lipinski definition) is 6. The number of hydrogen-bond donors (Lipinski definition) is 4. The third kappa shape index (κ3) is 6.00. The highest BCUT2D eigenvalue weighted by atomic mass is 16.5. The van der Waals surface area contributed by atoms with Crippen molar-refractivity contribution < 1.29 is 19.6 Å². The van der Waals surface area contributed by atoms with Gasteiger partial charge in [0.1, 0.15) is 5.92 Å². The molecule has 0 saturated heterocycles. The van der Waals surface area contributed by atoms with Crippen molar-refractivity contribution >= 4 is 50.9 Å². The number of anilines is 2.